The summed E-state index contributed by atoms with van der Waals surface area (Å²) in [4.78, 5) is 24.2. The molecule has 2 aromatic carbocycles. The molecule has 0 spiro atoms. The van der Waals surface area contributed by atoms with Gasteiger partial charge in [-0.05, 0) is 36.8 Å². The molecule has 140 valence electrons. The zero-order valence-electron chi connectivity index (χ0n) is 14.6. The lowest BCUT2D eigenvalue weighted by Crippen LogP contribution is -2.40. The molecule has 4 rings (SSSR count). The number of fused-ring (bicyclic) bond motifs is 2. The zero-order valence-corrected chi connectivity index (χ0v) is 14.6. The fourth-order valence-electron chi connectivity index (χ4n) is 2.97. The SMILES string of the molecule is CC(O)(CNC(=O)Cn1c(=O)oc2ccccc21)c1ccc2c(c1)OCO2. The summed E-state index contributed by atoms with van der Waals surface area (Å²) in [5.41, 5.74) is 0.223. The van der Waals surface area contributed by atoms with Gasteiger partial charge in [-0.15, -0.1) is 0 Å². The Morgan fingerprint density at radius 3 is 2.85 bits per heavy atom. The van der Waals surface area contributed by atoms with Crippen molar-refractivity contribution in [3.8, 4) is 11.5 Å². The van der Waals surface area contributed by atoms with Crippen LogP contribution in [0.3, 0.4) is 0 Å². The first-order chi connectivity index (χ1) is 12.9. The van der Waals surface area contributed by atoms with E-state index in [1.54, 1.807) is 49.4 Å². The average Bonchev–Trinajstić information content (AvgIpc) is 3.24. The second kappa shape index (κ2) is 6.48. The molecule has 0 saturated carbocycles. The summed E-state index contributed by atoms with van der Waals surface area (Å²) in [5, 5.41) is 13.4. The highest BCUT2D eigenvalue weighted by Crippen LogP contribution is 2.35. The van der Waals surface area contributed by atoms with Crippen molar-refractivity contribution in [2.24, 2.45) is 0 Å². The van der Waals surface area contributed by atoms with Gasteiger partial charge in [0.15, 0.2) is 17.1 Å². The van der Waals surface area contributed by atoms with Gasteiger partial charge < -0.3 is 24.3 Å². The van der Waals surface area contributed by atoms with Crippen molar-refractivity contribution in [2.45, 2.75) is 19.1 Å². The van der Waals surface area contributed by atoms with Gasteiger partial charge in [-0.25, -0.2) is 4.79 Å². The maximum Gasteiger partial charge on any atom is 0.420 e. The number of rotatable bonds is 5. The van der Waals surface area contributed by atoms with Crippen LogP contribution < -0.4 is 20.5 Å². The van der Waals surface area contributed by atoms with E-state index in [9.17, 15) is 14.7 Å². The number of hydrogen-bond acceptors (Lipinski definition) is 6. The van der Waals surface area contributed by atoms with Crippen LogP contribution in [0.2, 0.25) is 0 Å². The minimum absolute atomic E-state index is 0.0317. The molecule has 1 aliphatic rings. The van der Waals surface area contributed by atoms with Crippen molar-refractivity contribution < 1.29 is 23.8 Å². The van der Waals surface area contributed by atoms with Crippen molar-refractivity contribution in [3.63, 3.8) is 0 Å². The lowest BCUT2D eigenvalue weighted by molar-refractivity contribution is -0.122. The van der Waals surface area contributed by atoms with Gasteiger partial charge in [-0.2, -0.15) is 0 Å². The number of ether oxygens (including phenoxy) is 2. The van der Waals surface area contributed by atoms with E-state index in [2.05, 4.69) is 5.32 Å². The predicted molar refractivity (Wildman–Crippen MR) is 95.6 cm³/mol. The number of nitrogens with one attached hydrogen (secondary N) is 1. The van der Waals surface area contributed by atoms with Crippen LogP contribution in [0.5, 0.6) is 11.5 Å². The highest BCUT2D eigenvalue weighted by molar-refractivity contribution is 5.79. The van der Waals surface area contributed by atoms with Gasteiger partial charge in [-0.3, -0.25) is 9.36 Å². The van der Waals surface area contributed by atoms with Crippen molar-refractivity contribution in [1.82, 2.24) is 9.88 Å². The molecule has 0 saturated heterocycles. The van der Waals surface area contributed by atoms with Gasteiger partial charge in [0, 0.05) is 0 Å². The van der Waals surface area contributed by atoms with Crippen molar-refractivity contribution in [3.05, 3.63) is 58.6 Å². The molecule has 1 atom stereocenters. The third-order valence-electron chi connectivity index (χ3n) is 4.50. The van der Waals surface area contributed by atoms with Crippen LogP contribution in [0.15, 0.2) is 51.7 Å². The lowest BCUT2D eigenvalue weighted by Gasteiger charge is -2.24. The van der Waals surface area contributed by atoms with Crippen molar-refractivity contribution in [2.75, 3.05) is 13.3 Å². The number of aromatic nitrogens is 1. The van der Waals surface area contributed by atoms with Crippen LogP contribution in [0.1, 0.15) is 12.5 Å². The molecule has 2 N–H and O–H groups in total. The number of carbonyl (C=O) groups is 1. The Morgan fingerprint density at radius 2 is 2.00 bits per heavy atom. The van der Waals surface area contributed by atoms with Crippen LogP contribution >= 0.6 is 0 Å². The molecule has 0 radical (unpaired) electrons. The number of benzene rings is 2. The Hall–Kier alpha value is -3.26. The predicted octanol–water partition coefficient (Wildman–Crippen LogP) is 1.35. The maximum absolute atomic E-state index is 12.3. The molecule has 1 aliphatic heterocycles. The monoisotopic (exact) mass is 370 g/mol. The van der Waals surface area contributed by atoms with Crippen LogP contribution in [0.25, 0.3) is 11.1 Å². The molecule has 1 unspecified atom stereocenters. The fraction of sp³-hybridized carbons (Fsp3) is 0.263. The molecule has 8 heteroatoms. The van der Waals surface area contributed by atoms with Crippen LogP contribution in [-0.2, 0) is 16.9 Å². The Bertz CT molecular complexity index is 1070. The third-order valence-corrected chi connectivity index (χ3v) is 4.50. The number of oxazole rings is 1. The van der Waals surface area contributed by atoms with Gasteiger partial charge >= 0.3 is 5.76 Å². The van der Waals surface area contributed by atoms with Crippen LogP contribution in [0, 0.1) is 0 Å². The number of aliphatic hydroxyl groups is 1. The number of nitrogens with zero attached hydrogens (tertiary/aromatic N) is 1. The number of carbonyl (C=O) groups excluding carboxylic acids is 1. The van der Waals surface area contributed by atoms with Gasteiger partial charge in [-0.1, -0.05) is 18.2 Å². The Labute approximate surface area is 153 Å². The van der Waals surface area contributed by atoms with Gasteiger partial charge in [0.25, 0.3) is 0 Å². The standard InChI is InChI=1S/C19H18N2O6/c1-19(24,12-6-7-15-16(8-12)26-11-25-15)10-20-17(22)9-21-13-4-2-3-5-14(13)27-18(21)23/h2-8,24H,9-11H2,1H3,(H,20,22). The normalized spacial score (nSPS) is 14.9. The summed E-state index contributed by atoms with van der Waals surface area (Å²) >= 11 is 0. The zero-order chi connectivity index (χ0) is 19.0. The van der Waals surface area contributed by atoms with E-state index in [0.717, 1.165) is 0 Å². The Balaban J connectivity index is 1.45. The van der Waals surface area contributed by atoms with Crippen molar-refractivity contribution >= 4 is 17.0 Å². The molecule has 1 aromatic heterocycles. The maximum atomic E-state index is 12.3. The van der Waals surface area contributed by atoms with Gasteiger partial charge in [0.1, 0.15) is 12.1 Å². The second-order valence-corrected chi connectivity index (χ2v) is 6.54. The summed E-state index contributed by atoms with van der Waals surface area (Å²) in [7, 11) is 0. The molecule has 1 amide bonds. The molecule has 8 nitrogen and oxygen atoms in total. The highest BCUT2D eigenvalue weighted by atomic mass is 16.7. The molecule has 3 aromatic rings. The van der Waals surface area contributed by atoms with E-state index >= 15 is 0 Å². The first kappa shape index (κ1) is 17.2. The number of amides is 1. The molecule has 27 heavy (non-hydrogen) atoms. The van der Waals surface area contributed by atoms with Gasteiger partial charge in [0.2, 0.25) is 12.7 Å². The van der Waals surface area contributed by atoms with E-state index in [1.165, 1.54) is 4.57 Å². The second-order valence-electron chi connectivity index (χ2n) is 6.54. The molecule has 2 heterocycles. The first-order valence-corrected chi connectivity index (χ1v) is 8.42. The summed E-state index contributed by atoms with van der Waals surface area (Å²) in [6.07, 6.45) is 0. The minimum Gasteiger partial charge on any atom is -0.454 e. The Morgan fingerprint density at radius 1 is 1.22 bits per heavy atom. The van der Waals surface area contributed by atoms with E-state index in [1.807, 2.05) is 0 Å². The van der Waals surface area contributed by atoms with E-state index in [4.69, 9.17) is 13.9 Å². The molecule has 0 bridgehead atoms. The first-order valence-electron chi connectivity index (χ1n) is 8.42. The van der Waals surface area contributed by atoms with E-state index < -0.39 is 17.3 Å². The third kappa shape index (κ3) is 3.26. The smallest absolute Gasteiger partial charge is 0.420 e. The lowest BCUT2D eigenvalue weighted by atomic mass is 9.95. The van der Waals surface area contributed by atoms with Gasteiger partial charge in [0.05, 0.1) is 12.1 Å². The topological polar surface area (TPSA) is 103 Å². The summed E-state index contributed by atoms with van der Waals surface area (Å²) in [5.74, 6) is 0.152. The summed E-state index contributed by atoms with van der Waals surface area (Å²) in [6.45, 7) is 1.50. The summed E-state index contributed by atoms with van der Waals surface area (Å²) < 4.78 is 16.9. The van der Waals surface area contributed by atoms with Crippen LogP contribution in [0.4, 0.5) is 0 Å². The van der Waals surface area contributed by atoms with Crippen molar-refractivity contribution in [1.29, 1.82) is 0 Å². The van der Waals surface area contributed by atoms with E-state index in [0.29, 0.717) is 28.2 Å². The highest BCUT2D eigenvalue weighted by Gasteiger charge is 2.27. The summed E-state index contributed by atoms with van der Waals surface area (Å²) in [6, 6.07) is 12.0. The molecule has 0 aliphatic carbocycles. The fourth-order valence-corrected chi connectivity index (χ4v) is 2.97. The number of hydrogen-bond donors (Lipinski definition) is 2. The molecule has 0 fully saturated rings. The minimum atomic E-state index is -1.32. The quantitative estimate of drug-likeness (QED) is 0.703. The Kier molecular flexibility index (Phi) is 4.12. The molecular weight excluding hydrogens is 352 g/mol. The molecular formula is C19H18N2O6. The van der Waals surface area contributed by atoms with E-state index in [-0.39, 0.29) is 19.9 Å². The number of para-hydroxylation sites is 2. The largest absolute Gasteiger partial charge is 0.454 e. The van der Waals surface area contributed by atoms with Crippen LogP contribution in [-0.4, -0.2) is 28.9 Å². The average molecular weight is 370 g/mol.